The van der Waals surface area contributed by atoms with Crippen molar-refractivity contribution >= 4 is 59.0 Å². The molecule has 0 aromatic heterocycles. The van der Waals surface area contributed by atoms with E-state index in [9.17, 15) is 0 Å². The summed E-state index contributed by atoms with van der Waals surface area (Å²) < 4.78 is -0.396. The van der Waals surface area contributed by atoms with Crippen molar-refractivity contribution < 1.29 is 0 Å². The summed E-state index contributed by atoms with van der Waals surface area (Å²) in [6.45, 7) is 2.84. The minimum Gasteiger partial charge on any atom is -0.327 e. The Morgan fingerprint density at radius 3 is 2.50 bits per heavy atom. The van der Waals surface area contributed by atoms with E-state index in [0.29, 0.717) is 5.92 Å². The van der Waals surface area contributed by atoms with Crippen LogP contribution >= 0.6 is 48.8 Å². The zero-order valence-corrected chi connectivity index (χ0v) is 12.1. The molecule has 0 amide bonds. The molecule has 3 heterocycles. The standard InChI is InChI=1S/C9H13N3S4/c13-9(14)6(7-10-1-3-15-7)5-12(9)8-11-2-4-16-8/h6,13-14H,1-5H2/t6-/m0/s1. The van der Waals surface area contributed by atoms with Gasteiger partial charge in [-0.2, -0.15) is 0 Å². The molecular formula is C9H13N3S4. The Morgan fingerprint density at radius 1 is 1.19 bits per heavy atom. The van der Waals surface area contributed by atoms with Crippen LogP contribution in [-0.2, 0) is 0 Å². The molecule has 3 rings (SSSR count). The van der Waals surface area contributed by atoms with Crippen LogP contribution in [0.25, 0.3) is 0 Å². The molecule has 1 saturated heterocycles. The van der Waals surface area contributed by atoms with E-state index in [4.69, 9.17) is 0 Å². The molecule has 88 valence electrons. The first-order valence-electron chi connectivity index (χ1n) is 5.26. The molecule has 16 heavy (non-hydrogen) atoms. The molecule has 0 saturated carbocycles. The molecule has 0 N–H and O–H groups in total. The van der Waals surface area contributed by atoms with Gasteiger partial charge in [-0.15, -0.1) is 37.0 Å². The van der Waals surface area contributed by atoms with Gasteiger partial charge >= 0.3 is 0 Å². The number of thiol groups is 2. The number of nitrogens with zero attached hydrogens (tertiary/aromatic N) is 3. The Bertz CT molecular complexity index is 334. The van der Waals surface area contributed by atoms with Crippen LogP contribution in [0.5, 0.6) is 0 Å². The van der Waals surface area contributed by atoms with Crippen molar-refractivity contribution in [3.8, 4) is 0 Å². The molecule has 0 radical (unpaired) electrons. The highest BCUT2D eigenvalue weighted by atomic mass is 32.2. The van der Waals surface area contributed by atoms with Crippen LogP contribution in [0.3, 0.4) is 0 Å². The smallest absolute Gasteiger partial charge is 0.161 e. The largest absolute Gasteiger partial charge is 0.327 e. The summed E-state index contributed by atoms with van der Waals surface area (Å²) in [5, 5.41) is 2.33. The van der Waals surface area contributed by atoms with Crippen LogP contribution in [0.2, 0.25) is 0 Å². The van der Waals surface area contributed by atoms with Crippen LogP contribution < -0.4 is 0 Å². The van der Waals surface area contributed by atoms with E-state index in [1.54, 1.807) is 11.8 Å². The van der Waals surface area contributed by atoms with Gasteiger partial charge in [0.1, 0.15) is 4.20 Å². The maximum absolute atomic E-state index is 4.68. The Balaban J connectivity index is 1.73. The van der Waals surface area contributed by atoms with E-state index in [1.807, 2.05) is 11.8 Å². The molecule has 0 spiro atoms. The van der Waals surface area contributed by atoms with E-state index >= 15 is 0 Å². The number of amidine groups is 1. The van der Waals surface area contributed by atoms with Crippen molar-refractivity contribution in [2.24, 2.45) is 15.9 Å². The summed E-state index contributed by atoms with van der Waals surface area (Å²) in [4.78, 5) is 11.2. The zero-order chi connectivity index (χ0) is 11.2. The molecule has 0 unspecified atom stereocenters. The molecule has 7 heteroatoms. The fourth-order valence-electron chi connectivity index (χ4n) is 2.03. The molecule has 3 nitrogen and oxygen atoms in total. The molecule has 0 bridgehead atoms. The highest BCUT2D eigenvalue weighted by Gasteiger charge is 2.53. The van der Waals surface area contributed by atoms with Gasteiger partial charge in [0.15, 0.2) is 5.17 Å². The average molecular weight is 291 g/mol. The highest BCUT2D eigenvalue weighted by molar-refractivity contribution is 8.15. The van der Waals surface area contributed by atoms with Gasteiger partial charge in [0.2, 0.25) is 0 Å². The third kappa shape index (κ3) is 1.79. The predicted molar refractivity (Wildman–Crippen MR) is 80.4 cm³/mol. The van der Waals surface area contributed by atoms with Gasteiger partial charge in [0.25, 0.3) is 0 Å². The van der Waals surface area contributed by atoms with Gasteiger partial charge in [-0.05, 0) is 0 Å². The summed E-state index contributed by atoms with van der Waals surface area (Å²) in [7, 11) is 0. The molecule has 0 aromatic carbocycles. The van der Waals surface area contributed by atoms with E-state index in [1.165, 1.54) is 5.04 Å². The molecule has 1 fully saturated rings. The molecular weight excluding hydrogens is 278 g/mol. The first-order chi connectivity index (χ1) is 7.69. The molecule has 0 aromatic rings. The van der Waals surface area contributed by atoms with Crippen molar-refractivity contribution in [3.63, 3.8) is 0 Å². The average Bonchev–Trinajstić information content (AvgIpc) is 2.88. The molecule has 0 aliphatic carbocycles. The van der Waals surface area contributed by atoms with E-state index < -0.39 is 4.20 Å². The lowest BCUT2D eigenvalue weighted by Crippen LogP contribution is -2.64. The Labute approximate surface area is 115 Å². The Kier molecular flexibility index (Phi) is 3.15. The second-order valence-corrected chi connectivity index (χ2v) is 7.83. The second-order valence-electron chi connectivity index (χ2n) is 3.93. The number of hydrogen-bond donors (Lipinski definition) is 2. The summed E-state index contributed by atoms with van der Waals surface area (Å²) in [6, 6.07) is 0. The summed E-state index contributed by atoms with van der Waals surface area (Å²) in [6.07, 6.45) is 0. The van der Waals surface area contributed by atoms with Crippen LogP contribution in [0.1, 0.15) is 0 Å². The predicted octanol–water partition coefficient (Wildman–Crippen LogP) is 1.68. The van der Waals surface area contributed by atoms with Gasteiger partial charge in [0, 0.05) is 24.6 Å². The van der Waals surface area contributed by atoms with E-state index in [0.717, 1.165) is 36.3 Å². The normalized spacial score (nSPS) is 32.4. The van der Waals surface area contributed by atoms with Gasteiger partial charge in [-0.25, -0.2) is 0 Å². The van der Waals surface area contributed by atoms with Gasteiger partial charge < -0.3 is 4.90 Å². The number of aliphatic imine (C=N–C) groups is 2. The topological polar surface area (TPSA) is 28.0 Å². The number of likely N-dealkylation sites (tertiary alicyclic amines) is 1. The van der Waals surface area contributed by atoms with Crippen LogP contribution in [0, 0.1) is 5.92 Å². The van der Waals surface area contributed by atoms with Crippen molar-refractivity contribution in [2.45, 2.75) is 4.20 Å². The van der Waals surface area contributed by atoms with E-state index in [-0.39, 0.29) is 0 Å². The summed E-state index contributed by atoms with van der Waals surface area (Å²) in [5.74, 6) is 2.55. The third-order valence-corrected chi connectivity index (χ3v) is 6.13. The fraction of sp³-hybridized carbons (Fsp3) is 0.778. The fourth-order valence-corrected chi connectivity index (χ4v) is 5.04. The van der Waals surface area contributed by atoms with Crippen molar-refractivity contribution in [3.05, 3.63) is 0 Å². The van der Waals surface area contributed by atoms with E-state index in [2.05, 4.69) is 40.1 Å². The lowest BCUT2D eigenvalue weighted by Gasteiger charge is -2.53. The van der Waals surface area contributed by atoms with Gasteiger partial charge in [0.05, 0.1) is 17.5 Å². The van der Waals surface area contributed by atoms with Crippen molar-refractivity contribution in [1.82, 2.24) is 4.90 Å². The maximum Gasteiger partial charge on any atom is 0.161 e. The molecule has 3 aliphatic heterocycles. The number of rotatable bonds is 1. The van der Waals surface area contributed by atoms with Crippen molar-refractivity contribution in [1.29, 1.82) is 0 Å². The minimum atomic E-state index is -0.396. The number of hydrogen-bond acceptors (Lipinski definition) is 7. The first kappa shape index (κ1) is 11.6. The van der Waals surface area contributed by atoms with Crippen LogP contribution in [0.15, 0.2) is 9.98 Å². The SMILES string of the molecule is SC1(S)[C@H](C2=NCCS2)CN1C1=NCCS1. The number of thioether (sulfide) groups is 2. The van der Waals surface area contributed by atoms with Crippen LogP contribution in [-0.4, -0.2) is 50.5 Å². The van der Waals surface area contributed by atoms with Crippen molar-refractivity contribution in [2.75, 3.05) is 31.1 Å². The Hall–Kier alpha value is 0.540. The lowest BCUT2D eigenvalue weighted by atomic mass is 10.0. The molecule has 3 aliphatic rings. The summed E-state index contributed by atoms with van der Waals surface area (Å²) >= 11 is 13.0. The van der Waals surface area contributed by atoms with Gasteiger partial charge in [-0.1, -0.05) is 11.8 Å². The zero-order valence-electron chi connectivity index (χ0n) is 8.67. The highest BCUT2D eigenvalue weighted by Crippen LogP contribution is 2.48. The third-order valence-electron chi connectivity index (χ3n) is 2.94. The van der Waals surface area contributed by atoms with Gasteiger partial charge in [-0.3, -0.25) is 9.98 Å². The minimum absolute atomic E-state index is 0.357. The second kappa shape index (κ2) is 4.33. The lowest BCUT2D eigenvalue weighted by molar-refractivity contribution is 0.195. The first-order valence-corrected chi connectivity index (χ1v) is 8.13. The summed E-state index contributed by atoms with van der Waals surface area (Å²) in [5.41, 5.74) is 0. The monoisotopic (exact) mass is 291 g/mol. The molecule has 1 atom stereocenters. The maximum atomic E-state index is 4.68. The van der Waals surface area contributed by atoms with Crippen LogP contribution in [0.4, 0.5) is 0 Å². The Morgan fingerprint density at radius 2 is 1.94 bits per heavy atom. The quantitative estimate of drug-likeness (QED) is 0.569.